The number of thiazole rings is 1. The first kappa shape index (κ1) is 19.1. The predicted octanol–water partition coefficient (Wildman–Crippen LogP) is 3.01. The van der Waals surface area contributed by atoms with E-state index >= 15 is 0 Å². The van der Waals surface area contributed by atoms with E-state index in [0.717, 1.165) is 15.9 Å². The van der Waals surface area contributed by atoms with Crippen molar-refractivity contribution in [1.29, 1.82) is 0 Å². The average molecular weight is 397 g/mol. The lowest BCUT2D eigenvalue weighted by Gasteiger charge is -2.33. The summed E-state index contributed by atoms with van der Waals surface area (Å²) < 4.78 is 27.5. The van der Waals surface area contributed by atoms with E-state index in [0.29, 0.717) is 25.9 Å². The van der Waals surface area contributed by atoms with Crippen LogP contribution in [0, 0.1) is 0 Å². The van der Waals surface area contributed by atoms with Gasteiger partial charge in [-0.25, -0.2) is 22.9 Å². The van der Waals surface area contributed by atoms with Crippen molar-refractivity contribution in [2.24, 2.45) is 0 Å². The third-order valence-corrected chi connectivity index (χ3v) is 7.54. The van der Waals surface area contributed by atoms with Crippen LogP contribution in [0.5, 0.6) is 0 Å². The Morgan fingerprint density at radius 1 is 1.27 bits per heavy atom. The molecule has 2 heterocycles. The molecule has 1 saturated heterocycles. The van der Waals surface area contributed by atoms with Crippen molar-refractivity contribution in [3.05, 3.63) is 23.7 Å². The SMILES string of the molecule is CC(C)(C)S(=O)(=O)NC1CCN(C(=O)Nc2ccc3ncsc3c2)CC1. The quantitative estimate of drug-likeness (QED) is 0.834. The van der Waals surface area contributed by atoms with Gasteiger partial charge in [-0.2, -0.15) is 0 Å². The number of fused-ring (bicyclic) bond motifs is 1. The molecule has 9 heteroatoms. The Hall–Kier alpha value is -1.71. The molecule has 7 nitrogen and oxygen atoms in total. The molecule has 142 valence electrons. The number of sulfonamides is 1. The molecule has 0 atom stereocenters. The van der Waals surface area contributed by atoms with E-state index in [9.17, 15) is 13.2 Å². The Bertz CT molecular complexity index is 894. The number of rotatable bonds is 3. The standard InChI is InChI=1S/C17H24N4O3S2/c1-17(2,3)26(23,24)20-12-6-8-21(9-7-12)16(22)19-13-4-5-14-15(10-13)25-11-18-14/h4-5,10-12,20H,6-9H2,1-3H3,(H,19,22). The number of hydrogen-bond donors (Lipinski definition) is 2. The normalized spacial score (nSPS) is 16.8. The zero-order chi connectivity index (χ0) is 18.9. The van der Waals surface area contributed by atoms with E-state index in [4.69, 9.17) is 0 Å². The number of hydrogen-bond acceptors (Lipinski definition) is 5. The third kappa shape index (κ3) is 4.16. The fourth-order valence-corrected chi connectivity index (χ4v) is 4.48. The molecule has 1 aliphatic heterocycles. The van der Waals surface area contributed by atoms with E-state index in [1.807, 2.05) is 18.2 Å². The Morgan fingerprint density at radius 3 is 2.62 bits per heavy atom. The number of urea groups is 1. The lowest BCUT2D eigenvalue weighted by molar-refractivity contribution is 0.193. The van der Waals surface area contributed by atoms with Crippen molar-refractivity contribution >= 4 is 43.3 Å². The third-order valence-electron chi connectivity index (χ3n) is 4.49. The van der Waals surface area contributed by atoms with Gasteiger partial charge in [-0.3, -0.25) is 0 Å². The highest BCUT2D eigenvalue weighted by Crippen LogP contribution is 2.23. The molecule has 3 rings (SSSR count). The highest BCUT2D eigenvalue weighted by Gasteiger charge is 2.33. The summed E-state index contributed by atoms with van der Waals surface area (Å²) in [5.41, 5.74) is 3.43. The van der Waals surface area contributed by atoms with Crippen LogP contribution in [0.2, 0.25) is 0 Å². The fourth-order valence-electron chi connectivity index (χ4n) is 2.73. The lowest BCUT2D eigenvalue weighted by atomic mass is 10.1. The maximum absolute atomic E-state index is 12.5. The molecule has 0 unspecified atom stereocenters. The number of aromatic nitrogens is 1. The molecule has 2 N–H and O–H groups in total. The first-order valence-electron chi connectivity index (χ1n) is 8.57. The molecule has 0 radical (unpaired) electrons. The predicted molar refractivity (Wildman–Crippen MR) is 105 cm³/mol. The summed E-state index contributed by atoms with van der Waals surface area (Å²) in [6.45, 7) is 6.07. The van der Waals surface area contributed by atoms with Gasteiger partial charge in [0, 0.05) is 24.8 Å². The van der Waals surface area contributed by atoms with Crippen molar-refractivity contribution in [1.82, 2.24) is 14.6 Å². The van der Waals surface area contributed by atoms with Gasteiger partial charge in [0.25, 0.3) is 0 Å². The van der Waals surface area contributed by atoms with Crippen molar-refractivity contribution in [2.45, 2.75) is 44.4 Å². The van der Waals surface area contributed by atoms with Crippen molar-refractivity contribution in [3.63, 3.8) is 0 Å². The van der Waals surface area contributed by atoms with Crippen molar-refractivity contribution < 1.29 is 13.2 Å². The number of carbonyl (C=O) groups excluding carboxylic acids is 1. The Morgan fingerprint density at radius 2 is 1.96 bits per heavy atom. The van der Waals surface area contributed by atoms with Crippen LogP contribution in [0.25, 0.3) is 10.2 Å². The number of nitrogens with zero attached hydrogens (tertiary/aromatic N) is 2. The second-order valence-electron chi connectivity index (χ2n) is 7.46. The van der Waals surface area contributed by atoms with Crippen LogP contribution in [0.4, 0.5) is 10.5 Å². The second-order valence-corrected chi connectivity index (χ2v) is 10.8. The number of carbonyl (C=O) groups is 1. The van der Waals surface area contributed by atoms with Gasteiger partial charge in [0.05, 0.1) is 20.5 Å². The van der Waals surface area contributed by atoms with Gasteiger partial charge in [0.2, 0.25) is 10.0 Å². The van der Waals surface area contributed by atoms with Crippen LogP contribution in [-0.4, -0.2) is 48.2 Å². The number of piperidine rings is 1. The van der Waals surface area contributed by atoms with Gasteiger partial charge in [0.15, 0.2) is 0 Å². The van der Waals surface area contributed by atoms with Crippen LogP contribution >= 0.6 is 11.3 Å². The molecule has 26 heavy (non-hydrogen) atoms. The first-order valence-corrected chi connectivity index (χ1v) is 10.9. The summed E-state index contributed by atoms with van der Waals surface area (Å²) in [5.74, 6) is 0. The first-order chi connectivity index (χ1) is 12.2. The van der Waals surface area contributed by atoms with Gasteiger partial charge in [-0.05, 0) is 51.8 Å². The maximum atomic E-state index is 12.5. The van der Waals surface area contributed by atoms with Crippen molar-refractivity contribution in [2.75, 3.05) is 18.4 Å². The summed E-state index contributed by atoms with van der Waals surface area (Å²) in [5, 5.41) is 2.91. The molecular weight excluding hydrogens is 372 g/mol. The number of benzene rings is 1. The van der Waals surface area contributed by atoms with Gasteiger partial charge < -0.3 is 10.2 Å². The van der Waals surface area contributed by atoms with Crippen LogP contribution < -0.4 is 10.0 Å². The number of nitrogens with one attached hydrogen (secondary N) is 2. The van der Waals surface area contributed by atoms with Crippen LogP contribution in [0.3, 0.4) is 0 Å². The van der Waals surface area contributed by atoms with E-state index < -0.39 is 14.8 Å². The molecule has 1 aromatic carbocycles. The Balaban J connectivity index is 1.55. The molecule has 1 aliphatic rings. The second kappa shape index (κ2) is 7.13. The van der Waals surface area contributed by atoms with Gasteiger partial charge >= 0.3 is 6.03 Å². The van der Waals surface area contributed by atoms with Crippen LogP contribution in [0.1, 0.15) is 33.6 Å². The summed E-state index contributed by atoms with van der Waals surface area (Å²) in [6.07, 6.45) is 1.22. The molecule has 0 bridgehead atoms. The molecule has 0 spiro atoms. The molecule has 2 aromatic rings. The highest BCUT2D eigenvalue weighted by molar-refractivity contribution is 7.90. The molecule has 1 aromatic heterocycles. The van der Waals surface area contributed by atoms with Crippen LogP contribution in [0.15, 0.2) is 23.7 Å². The minimum Gasteiger partial charge on any atom is -0.324 e. The van der Waals surface area contributed by atoms with E-state index in [1.165, 1.54) is 11.3 Å². The number of likely N-dealkylation sites (tertiary alicyclic amines) is 1. The monoisotopic (exact) mass is 396 g/mol. The van der Waals surface area contributed by atoms with Crippen LogP contribution in [-0.2, 0) is 10.0 Å². The van der Waals surface area contributed by atoms with Gasteiger partial charge in [0.1, 0.15) is 0 Å². The van der Waals surface area contributed by atoms with E-state index in [-0.39, 0.29) is 12.1 Å². The number of amides is 2. The molecule has 2 amide bonds. The average Bonchev–Trinajstić information content (AvgIpc) is 3.01. The molecule has 0 aliphatic carbocycles. The Labute approximate surface area is 157 Å². The summed E-state index contributed by atoms with van der Waals surface area (Å²) in [6, 6.07) is 5.34. The Kier molecular flexibility index (Phi) is 5.23. The minimum atomic E-state index is -3.37. The fraction of sp³-hybridized carbons (Fsp3) is 0.529. The van der Waals surface area contributed by atoms with Gasteiger partial charge in [-0.1, -0.05) is 0 Å². The maximum Gasteiger partial charge on any atom is 0.321 e. The lowest BCUT2D eigenvalue weighted by Crippen LogP contribution is -2.50. The number of anilines is 1. The minimum absolute atomic E-state index is 0.128. The smallest absolute Gasteiger partial charge is 0.321 e. The molecule has 0 saturated carbocycles. The zero-order valence-electron chi connectivity index (χ0n) is 15.2. The summed E-state index contributed by atoms with van der Waals surface area (Å²) >= 11 is 1.53. The highest BCUT2D eigenvalue weighted by atomic mass is 32.2. The summed E-state index contributed by atoms with van der Waals surface area (Å²) in [7, 11) is -3.37. The van der Waals surface area contributed by atoms with Gasteiger partial charge in [-0.15, -0.1) is 11.3 Å². The largest absolute Gasteiger partial charge is 0.324 e. The zero-order valence-corrected chi connectivity index (χ0v) is 16.8. The molecule has 1 fully saturated rings. The van der Waals surface area contributed by atoms with E-state index in [2.05, 4.69) is 15.0 Å². The van der Waals surface area contributed by atoms with E-state index in [1.54, 1.807) is 31.2 Å². The topological polar surface area (TPSA) is 91.4 Å². The van der Waals surface area contributed by atoms with Crippen molar-refractivity contribution in [3.8, 4) is 0 Å². The molecular formula is C17H24N4O3S2. The summed E-state index contributed by atoms with van der Waals surface area (Å²) in [4.78, 5) is 18.4.